The highest BCUT2D eigenvalue weighted by Crippen LogP contribution is 2.44. The molecular weight excluding hydrogens is 294 g/mol. The van der Waals surface area contributed by atoms with Gasteiger partial charge in [-0.1, -0.05) is 18.9 Å². The molecule has 1 aliphatic heterocycles. The van der Waals surface area contributed by atoms with E-state index in [1.54, 1.807) is 7.11 Å². The Hall–Kier alpha value is -1.75. The molecule has 2 aliphatic rings. The smallest absolute Gasteiger partial charge is 0.314 e. The van der Waals surface area contributed by atoms with Crippen LogP contribution in [-0.2, 0) is 10.2 Å². The van der Waals surface area contributed by atoms with Gasteiger partial charge in [0.25, 0.3) is 0 Å². The molecule has 1 heterocycles. The number of carboxylic acids is 1. The lowest BCUT2D eigenvalue weighted by molar-refractivity contribution is -0.143. The first-order valence-corrected chi connectivity index (χ1v) is 8.45. The summed E-state index contributed by atoms with van der Waals surface area (Å²) in [5.41, 5.74) is 0.0666. The molecule has 23 heavy (non-hydrogen) atoms. The number of carbonyl (C=O) groups is 1. The van der Waals surface area contributed by atoms with Gasteiger partial charge in [0.15, 0.2) is 11.5 Å². The Labute approximate surface area is 137 Å². The quantitative estimate of drug-likeness (QED) is 0.873. The Morgan fingerprint density at radius 2 is 2.04 bits per heavy atom. The van der Waals surface area contributed by atoms with Crippen LogP contribution in [0.25, 0.3) is 0 Å². The van der Waals surface area contributed by atoms with Crippen LogP contribution in [0.3, 0.4) is 0 Å². The molecule has 0 bridgehead atoms. The topological polar surface area (TPSA) is 67.8 Å². The molecule has 0 aromatic heterocycles. The number of aliphatic carboxylic acids is 1. The van der Waals surface area contributed by atoms with Gasteiger partial charge in [-0.2, -0.15) is 0 Å². The molecule has 1 aromatic carbocycles. The van der Waals surface area contributed by atoms with E-state index >= 15 is 0 Å². The van der Waals surface area contributed by atoms with Gasteiger partial charge in [0.2, 0.25) is 0 Å². The monoisotopic (exact) mass is 319 g/mol. The second kappa shape index (κ2) is 6.79. The highest BCUT2D eigenvalue weighted by atomic mass is 16.5. The minimum Gasteiger partial charge on any atom is -0.493 e. The van der Waals surface area contributed by atoms with Crippen molar-refractivity contribution in [2.75, 3.05) is 20.2 Å². The summed E-state index contributed by atoms with van der Waals surface area (Å²) in [5.74, 6) is 0.592. The summed E-state index contributed by atoms with van der Waals surface area (Å²) in [7, 11) is 1.61. The summed E-state index contributed by atoms with van der Waals surface area (Å²) in [6.45, 7) is 1.84. The van der Waals surface area contributed by atoms with Crippen molar-refractivity contribution in [1.29, 1.82) is 0 Å². The van der Waals surface area contributed by atoms with Crippen molar-refractivity contribution in [2.24, 2.45) is 0 Å². The molecule has 1 aromatic rings. The molecule has 5 nitrogen and oxygen atoms in total. The number of hydrogen-bond acceptors (Lipinski definition) is 4. The number of rotatable bonds is 5. The number of methoxy groups -OCH3 is 1. The third-order valence-electron chi connectivity index (χ3n) is 5.13. The van der Waals surface area contributed by atoms with Crippen molar-refractivity contribution in [3.8, 4) is 11.5 Å². The van der Waals surface area contributed by atoms with Gasteiger partial charge in [0.05, 0.1) is 12.5 Å². The number of carboxylic acid groups (broad SMARTS) is 1. The number of ether oxygens (including phenoxy) is 2. The van der Waals surface area contributed by atoms with E-state index in [1.165, 1.54) is 0 Å². The van der Waals surface area contributed by atoms with Gasteiger partial charge in [-0.15, -0.1) is 0 Å². The van der Waals surface area contributed by atoms with Gasteiger partial charge >= 0.3 is 5.97 Å². The van der Waals surface area contributed by atoms with E-state index in [0.29, 0.717) is 24.3 Å². The molecule has 2 fully saturated rings. The molecule has 126 valence electrons. The second-order valence-electron chi connectivity index (χ2n) is 6.55. The minimum atomic E-state index is -0.769. The van der Waals surface area contributed by atoms with E-state index in [1.807, 2.05) is 18.2 Å². The molecule has 1 unspecified atom stereocenters. The maximum atomic E-state index is 11.9. The van der Waals surface area contributed by atoms with Crippen LogP contribution in [0, 0.1) is 0 Å². The van der Waals surface area contributed by atoms with Crippen LogP contribution >= 0.6 is 0 Å². The lowest BCUT2D eigenvalue weighted by Crippen LogP contribution is -2.37. The number of hydrogen-bond donors (Lipinski definition) is 2. The SMILES string of the molecule is COc1ccc(C2(C(=O)O)CCCC2)cc1OC1CCCNC1. The Kier molecular flexibility index (Phi) is 4.76. The van der Waals surface area contributed by atoms with Crippen LogP contribution in [0.5, 0.6) is 11.5 Å². The van der Waals surface area contributed by atoms with E-state index in [0.717, 1.165) is 44.3 Å². The lowest BCUT2D eigenvalue weighted by atomic mass is 9.79. The van der Waals surface area contributed by atoms with E-state index in [2.05, 4.69) is 5.32 Å². The van der Waals surface area contributed by atoms with Crippen LogP contribution in [0.2, 0.25) is 0 Å². The van der Waals surface area contributed by atoms with Crippen LogP contribution in [0.15, 0.2) is 18.2 Å². The largest absolute Gasteiger partial charge is 0.493 e. The fourth-order valence-electron chi connectivity index (χ4n) is 3.77. The molecule has 0 amide bonds. The van der Waals surface area contributed by atoms with Gasteiger partial charge in [-0.25, -0.2) is 0 Å². The average Bonchev–Trinajstić information content (AvgIpc) is 3.07. The van der Waals surface area contributed by atoms with Gasteiger partial charge in [-0.3, -0.25) is 4.79 Å². The summed E-state index contributed by atoms with van der Waals surface area (Å²) < 4.78 is 11.5. The number of nitrogens with one attached hydrogen (secondary N) is 1. The van der Waals surface area contributed by atoms with Crippen molar-refractivity contribution in [1.82, 2.24) is 5.32 Å². The summed E-state index contributed by atoms with van der Waals surface area (Å²) in [4.78, 5) is 11.9. The Morgan fingerprint density at radius 1 is 1.26 bits per heavy atom. The summed E-state index contributed by atoms with van der Waals surface area (Å²) in [6.07, 6.45) is 5.51. The van der Waals surface area contributed by atoms with Crippen molar-refractivity contribution < 1.29 is 19.4 Å². The Bertz CT molecular complexity index is 560. The maximum Gasteiger partial charge on any atom is 0.314 e. The van der Waals surface area contributed by atoms with Crippen LogP contribution in [0.4, 0.5) is 0 Å². The molecular formula is C18H25NO4. The van der Waals surface area contributed by atoms with E-state index < -0.39 is 11.4 Å². The average molecular weight is 319 g/mol. The zero-order valence-electron chi connectivity index (χ0n) is 13.6. The molecule has 1 aliphatic carbocycles. The van der Waals surface area contributed by atoms with Crippen molar-refractivity contribution in [2.45, 2.75) is 50.0 Å². The van der Waals surface area contributed by atoms with Crippen molar-refractivity contribution in [3.63, 3.8) is 0 Å². The first-order chi connectivity index (χ1) is 11.2. The lowest BCUT2D eigenvalue weighted by Gasteiger charge is -2.28. The molecule has 3 rings (SSSR count). The van der Waals surface area contributed by atoms with E-state index in [4.69, 9.17) is 9.47 Å². The molecule has 2 N–H and O–H groups in total. The van der Waals surface area contributed by atoms with Crippen LogP contribution < -0.4 is 14.8 Å². The summed E-state index contributed by atoms with van der Waals surface area (Å²) >= 11 is 0. The first kappa shape index (κ1) is 16.1. The zero-order valence-corrected chi connectivity index (χ0v) is 13.6. The minimum absolute atomic E-state index is 0.109. The summed E-state index contributed by atoms with van der Waals surface area (Å²) in [5, 5.41) is 13.1. The molecule has 1 saturated heterocycles. The van der Waals surface area contributed by atoms with Gasteiger partial charge in [0.1, 0.15) is 6.10 Å². The standard InChI is InChI=1S/C18H25NO4/c1-22-15-7-6-13(18(17(20)21)8-2-3-9-18)11-16(15)23-14-5-4-10-19-12-14/h6-7,11,14,19H,2-5,8-10,12H2,1H3,(H,20,21). The van der Waals surface area contributed by atoms with Gasteiger partial charge < -0.3 is 19.9 Å². The summed E-state index contributed by atoms with van der Waals surface area (Å²) in [6, 6.07) is 5.60. The fourth-order valence-corrected chi connectivity index (χ4v) is 3.77. The van der Waals surface area contributed by atoms with Crippen LogP contribution in [0.1, 0.15) is 44.1 Å². The highest BCUT2D eigenvalue weighted by Gasteiger charge is 2.43. The number of piperidine rings is 1. The normalized spacial score (nSPS) is 23.4. The maximum absolute atomic E-state index is 11.9. The van der Waals surface area contributed by atoms with Gasteiger partial charge in [0, 0.05) is 6.54 Å². The molecule has 5 heteroatoms. The number of benzene rings is 1. The molecule has 0 spiro atoms. The fraction of sp³-hybridized carbons (Fsp3) is 0.611. The van der Waals surface area contributed by atoms with Crippen molar-refractivity contribution in [3.05, 3.63) is 23.8 Å². The Morgan fingerprint density at radius 3 is 2.65 bits per heavy atom. The van der Waals surface area contributed by atoms with Crippen LogP contribution in [-0.4, -0.2) is 37.4 Å². The third kappa shape index (κ3) is 3.15. The third-order valence-corrected chi connectivity index (χ3v) is 5.13. The molecule has 1 saturated carbocycles. The molecule has 1 atom stereocenters. The highest BCUT2D eigenvalue weighted by molar-refractivity contribution is 5.82. The molecule has 0 radical (unpaired) electrons. The Balaban J connectivity index is 1.90. The van der Waals surface area contributed by atoms with E-state index in [-0.39, 0.29) is 6.10 Å². The predicted octanol–water partition coefficient (Wildman–Crippen LogP) is 2.72. The van der Waals surface area contributed by atoms with Gasteiger partial charge in [-0.05, 0) is 49.9 Å². The van der Waals surface area contributed by atoms with E-state index in [9.17, 15) is 9.90 Å². The first-order valence-electron chi connectivity index (χ1n) is 8.45. The zero-order chi connectivity index (χ0) is 16.3. The predicted molar refractivity (Wildman–Crippen MR) is 87.3 cm³/mol. The second-order valence-corrected chi connectivity index (χ2v) is 6.55. The van der Waals surface area contributed by atoms with Crippen molar-refractivity contribution >= 4 is 5.97 Å².